The molecule has 0 N–H and O–H groups in total. The Morgan fingerprint density at radius 3 is 2.77 bits per heavy atom. The van der Waals surface area contributed by atoms with Crippen LogP contribution in [0, 0.1) is 0 Å². The fourth-order valence-corrected chi connectivity index (χ4v) is 2.46. The maximum absolute atomic E-state index is 4.29. The van der Waals surface area contributed by atoms with E-state index in [4.69, 9.17) is 0 Å². The fraction of sp³-hybridized carbons (Fsp3) is 0.100. The molecule has 2 aromatic rings. The standard InChI is InChI=1S/C10H8BrNS/c11-7-8-4-5-10(13-8)9-3-1-2-6-12-9/h1-6H,7H2. The normalized spacial score (nSPS) is 10.2. The molecule has 3 heteroatoms. The average Bonchev–Trinajstić information content (AvgIpc) is 2.67. The van der Waals surface area contributed by atoms with Gasteiger partial charge in [0.25, 0.3) is 0 Å². The molecule has 13 heavy (non-hydrogen) atoms. The lowest BCUT2D eigenvalue weighted by atomic mass is 10.3. The summed E-state index contributed by atoms with van der Waals surface area (Å²) in [7, 11) is 0. The highest BCUT2D eigenvalue weighted by molar-refractivity contribution is 9.08. The van der Waals surface area contributed by atoms with Gasteiger partial charge in [-0.25, -0.2) is 0 Å². The van der Waals surface area contributed by atoms with Crippen LogP contribution in [0.2, 0.25) is 0 Å². The van der Waals surface area contributed by atoms with Crippen molar-refractivity contribution < 1.29 is 0 Å². The van der Waals surface area contributed by atoms with Crippen molar-refractivity contribution in [3.05, 3.63) is 41.4 Å². The van der Waals surface area contributed by atoms with Crippen molar-refractivity contribution in [2.75, 3.05) is 0 Å². The van der Waals surface area contributed by atoms with Gasteiger partial charge in [-0.15, -0.1) is 11.3 Å². The zero-order valence-corrected chi connectivity index (χ0v) is 9.31. The van der Waals surface area contributed by atoms with Gasteiger partial charge in [0.05, 0.1) is 10.6 Å². The van der Waals surface area contributed by atoms with Crippen molar-refractivity contribution in [2.45, 2.75) is 5.33 Å². The Hall–Kier alpha value is -0.670. The SMILES string of the molecule is BrCc1ccc(-c2ccccn2)s1. The van der Waals surface area contributed by atoms with Gasteiger partial charge in [0, 0.05) is 16.4 Å². The van der Waals surface area contributed by atoms with E-state index < -0.39 is 0 Å². The molecule has 0 spiro atoms. The lowest BCUT2D eigenvalue weighted by molar-refractivity contribution is 1.34. The van der Waals surface area contributed by atoms with E-state index >= 15 is 0 Å². The molecule has 0 unspecified atom stereocenters. The van der Waals surface area contributed by atoms with Gasteiger partial charge in [0.1, 0.15) is 0 Å². The van der Waals surface area contributed by atoms with Gasteiger partial charge in [-0.3, -0.25) is 4.98 Å². The van der Waals surface area contributed by atoms with E-state index in [1.807, 2.05) is 24.4 Å². The summed E-state index contributed by atoms with van der Waals surface area (Å²) in [5.74, 6) is 0. The van der Waals surface area contributed by atoms with E-state index in [0.717, 1.165) is 11.0 Å². The smallest absolute Gasteiger partial charge is 0.0801 e. The molecule has 0 saturated heterocycles. The molecule has 0 aliphatic heterocycles. The van der Waals surface area contributed by atoms with Crippen molar-refractivity contribution in [1.29, 1.82) is 0 Å². The minimum atomic E-state index is 0.921. The predicted molar refractivity (Wildman–Crippen MR) is 60.2 cm³/mol. The number of rotatable bonds is 2. The summed E-state index contributed by atoms with van der Waals surface area (Å²) in [6, 6.07) is 10.2. The molecule has 0 radical (unpaired) electrons. The summed E-state index contributed by atoms with van der Waals surface area (Å²) in [6.07, 6.45) is 1.82. The minimum absolute atomic E-state index is 0.921. The van der Waals surface area contributed by atoms with Crippen molar-refractivity contribution in [2.24, 2.45) is 0 Å². The molecular formula is C10H8BrNS. The molecule has 0 aromatic carbocycles. The van der Waals surface area contributed by atoms with Gasteiger partial charge in [0.2, 0.25) is 0 Å². The van der Waals surface area contributed by atoms with Crippen molar-refractivity contribution >= 4 is 27.3 Å². The summed E-state index contributed by atoms with van der Waals surface area (Å²) in [6.45, 7) is 0. The molecule has 0 bridgehead atoms. The topological polar surface area (TPSA) is 12.9 Å². The van der Waals surface area contributed by atoms with Crippen LogP contribution >= 0.6 is 27.3 Å². The second kappa shape index (κ2) is 4.03. The summed E-state index contributed by atoms with van der Waals surface area (Å²) in [5.41, 5.74) is 1.06. The summed E-state index contributed by atoms with van der Waals surface area (Å²) in [4.78, 5) is 6.86. The molecule has 0 amide bonds. The van der Waals surface area contributed by atoms with Crippen LogP contribution in [0.3, 0.4) is 0 Å². The van der Waals surface area contributed by atoms with Crippen LogP contribution in [0.25, 0.3) is 10.6 Å². The number of hydrogen-bond donors (Lipinski definition) is 0. The van der Waals surface area contributed by atoms with Crippen LogP contribution in [-0.4, -0.2) is 4.98 Å². The number of nitrogens with zero attached hydrogens (tertiary/aromatic N) is 1. The first-order valence-corrected chi connectivity index (χ1v) is 5.90. The Balaban J connectivity index is 2.36. The Bertz CT molecular complexity index is 383. The highest BCUT2D eigenvalue weighted by atomic mass is 79.9. The van der Waals surface area contributed by atoms with Crippen LogP contribution in [0.4, 0.5) is 0 Å². The Kier molecular flexibility index (Phi) is 2.76. The molecule has 0 atom stereocenters. The molecule has 0 aliphatic carbocycles. The first-order valence-electron chi connectivity index (χ1n) is 3.96. The third-order valence-electron chi connectivity index (χ3n) is 1.71. The lowest BCUT2D eigenvalue weighted by Gasteiger charge is -1.93. The fourth-order valence-electron chi connectivity index (χ4n) is 1.10. The molecule has 2 aromatic heterocycles. The summed E-state index contributed by atoms with van der Waals surface area (Å²) >= 11 is 5.21. The van der Waals surface area contributed by atoms with E-state index in [0.29, 0.717) is 0 Å². The van der Waals surface area contributed by atoms with Gasteiger partial charge >= 0.3 is 0 Å². The number of alkyl halides is 1. The van der Waals surface area contributed by atoms with E-state index in [-0.39, 0.29) is 0 Å². The quantitative estimate of drug-likeness (QED) is 0.744. The van der Waals surface area contributed by atoms with Gasteiger partial charge in [-0.2, -0.15) is 0 Å². The number of thiophene rings is 1. The molecule has 1 nitrogen and oxygen atoms in total. The van der Waals surface area contributed by atoms with Gasteiger partial charge in [-0.05, 0) is 24.3 Å². The number of hydrogen-bond acceptors (Lipinski definition) is 2. The molecule has 0 saturated carbocycles. The highest BCUT2D eigenvalue weighted by Gasteiger charge is 2.01. The first-order chi connectivity index (χ1) is 6.40. The van der Waals surface area contributed by atoms with Crippen LogP contribution < -0.4 is 0 Å². The maximum atomic E-state index is 4.29. The van der Waals surface area contributed by atoms with E-state index in [9.17, 15) is 0 Å². The Labute approximate surface area is 89.6 Å². The third kappa shape index (κ3) is 1.98. The number of pyridine rings is 1. The van der Waals surface area contributed by atoms with E-state index in [2.05, 4.69) is 33.0 Å². The van der Waals surface area contributed by atoms with Crippen LogP contribution in [-0.2, 0) is 5.33 Å². The zero-order chi connectivity index (χ0) is 9.10. The Morgan fingerprint density at radius 1 is 1.23 bits per heavy atom. The van der Waals surface area contributed by atoms with Gasteiger partial charge in [-0.1, -0.05) is 22.0 Å². The van der Waals surface area contributed by atoms with Gasteiger partial charge < -0.3 is 0 Å². The molecule has 2 rings (SSSR count). The molecule has 0 fully saturated rings. The molecular weight excluding hydrogens is 246 g/mol. The average molecular weight is 254 g/mol. The third-order valence-corrected chi connectivity index (χ3v) is 3.79. The van der Waals surface area contributed by atoms with Crippen molar-refractivity contribution in [1.82, 2.24) is 4.98 Å². The van der Waals surface area contributed by atoms with E-state index in [1.54, 1.807) is 11.3 Å². The molecule has 0 aliphatic rings. The summed E-state index contributed by atoms with van der Waals surface area (Å²) < 4.78 is 0. The molecule has 2 heterocycles. The second-order valence-corrected chi connectivity index (χ2v) is 4.34. The number of aromatic nitrogens is 1. The maximum Gasteiger partial charge on any atom is 0.0801 e. The van der Waals surface area contributed by atoms with Crippen molar-refractivity contribution in [3.63, 3.8) is 0 Å². The predicted octanol–water partition coefficient (Wildman–Crippen LogP) is 3.71. The lowest BCUT2D eigenvalue weighted by Crippen LogP contribution is -1.75. The first kappa shape index (κ1) is 8.91. The largest absolute Gasteiger partial charge is 0.255 e. The highest BCUT2D eigenvalue weighted by Crippen LogP contribution is 2.27. The van der Waals surface area contributed by atoms with Gasteiger partial charge in [0.15, 0.2) is 0 Å². The minimum Gasteiger partial charge on any atom is -0.255 e. The molecule has 66 valence electrons. The monoisotopic (exact) mass is 253 g/mol. The van der Waals surface area contributed by atoms with Crippen molar-refractivity contribution in [3.8, 4) is 10.6 Å². The second-order valence-electron chi connectivity index (χ2n) is 2.61. The zero-order valence-electron chi connectivity index (χ0n) is 6.90. The van der Waals surface area contributed by atoms with Crippen LogP contribution in [0.5, 0.6) is 0 Å². The van der Waals surface area contributed by atoms with Crippen LogP contribution in [0.1, 0.15) is 4.88 Å². The van der Waals surface area contributed by atoms with E-state index in [1.165, 1.54) is 9.75 Å². The number of halogens is 1. The van der Waals surface area contributed by atoms with Crippen LogP contribution in [0.15, 0.2) is 36.5 Å². The Morgan fingerprint density at radius 2 is 2.15 bits per heavy atom. The summed E-state index contributed by atoms with van der Waals surface area (Å²) in [5, 5.41) is 0.921.